The van der Waals surface area contributed by atoms with Gasteiger partial charge in [-0.25, -0.2) is 0 Å². The molecule has 17 heavy (non-hydrogen) atoms. The van der Waals surface area contributed by atoms with E-state index >= 15 is 0 Å². The zero-order valence-electron chi connectivity index (χ0n) is 10.2. The average Bonchev–Trinajstić information content (AvgIpc) is 2.49. The topological polar surface area (TPSA) is 59.2 Å². The number of likely N-dealkylation sites (tertiary alicyclic amines) is 1. The Kier molecular flexibility index (Phi) is 3.74. The van der Waals surface area contributed by atoms with E-state index in [0.29, 0.717) is 13.0 Å². The van der Waals surface area contributed by atoms with Crippen LogP contribution in [0.25, 0.3) is 0 Å². The first-order valence-electron chi connectivity index (χ1n) is 6.19. The van der Waals surface area contributed by atoms with Gasteiger partial charge in [-0.1, -0.05) is 0 Å². The molecule has 1 aromatic rings. The molecule has 2 N–H and O–H groups in total. The maximum absolute atomic E-state index is 12.0. The minimum absolute atomic E-state index is 0.00185. The van der Waals surface area contributed by atoms with Gasteiger partial charge in [0.05, 0.1) is 6.04 Å². The molecule has 1 aliphatic heterocycles. The second-order valence-corrected chi connectivity index (χ2v) is 4.46. The highest BCUT2D eigenvalue weighted by Crippen LogP contribution is 2.29. The molecule has 1 amide bonds. The van der Waals surface area contributed by atoms with Crippen molar-refractivity contribution in [1.29, 1.82) is 0 Å². The summed E-state index contributed by atoms with van der Waals surface area (Å²) in [5.74, 6) is 0.210. The van der Waals surface area contributed by atoms with Crippen molar-refractivity contribution in [3.05, 3.63) is 30.1 Å². The van der Waals surface area contributed by atoms with Crippen molar-refractivity contribution in [2.24, 2.45) is 5.73 Å². The van der Waals surface area contributed by atoms with Crippen LogP contribution in [0, 0.1) is 0 Å². The summed E-state index contributed by atoms with van der Waals surface area (Å²) in [6.07, 6.45) is 5.91. The summed E-state index contributed by atoms with van der Waals surface area (Å²) in [5, 5.41) is 0. The van der Waals surface area contributed by atoms with Gasteiger partial charge in [-0.3, -0.25) is 9.78 Å². The molecule has 0 bridgehead atoms. The molecule has 1 aromatic heterocycles. The minimum Gasteiger partial charge on any atom is -0.334 e. The van der Waals surface area contributed by atoms with E-state index in [4.69, 9.17) is 5.73 Å². The molecule has 2 atom stereocenters. The number of pyridine rings is 1. The summed E-state index contributed by atoms with van der Waals surface area (Å²) in [4.78, 5) is 17.9. The number of hydrogen-bond donors (Lipinski definition) is 1. The van der Waals surface area contributed by atoms with Crippen LogP contribution in [0.2, 0.25) is 0 Å². The van der Waals surface area contributed by atoms with Crippen LogP contribution < -0.4 is 5.73 Å². The van der Waals surface area contributed by atoms with E-state index in [0.717, 1.165) is 18.4 Å². The Morgan fingerprint density at radius 3 is 2.82 bits per heavy atom. The molecule has 1 saturated heterocycles. The van der Waals surface area contributed by atoms with Crippen molar-refractivity contribution in [2.45, 2.75) is 38.3 Å². The van der Waals surface area contributed by atoms with Crippen LogP contribution >= 0.6 is 0 Å². The Morgan fingerprint density at radius 2 is 2.18 bits per heavy atom. The van der Waals surface area contributed by atoms with E-state index in [1.165, 1.54) is 0 Å². The van der Waals surface area contributed by atoms with Gasteiger partial charge < -0.3 is 10.6 Å². The van der Waals surface area contributed by atoms with Crippen molar-refractivity contribution in [3.8, 4) is 0 Å². The molecule has 0 aliphatic carbocycles. The first kappa shape index (κ1) is 12.0. The van der Waals surface area contributed by atoms with Gasteiger partial charge >= 0.3 is 0 Å². The van der Waals surface area contributed by atoms with E-state index < -0.39 is 0 Å². The van der Waals surface area contributed by atoms with E-state index in [1.807, 2.05) is 24.0 Å². The predicted octanol–water partition coefficient (Wildman–Crippen LogP) is 1.48. The van der Waals surface area contributed by atoms with Gasteiger partial charge in [-0.15, -0.1) is 0 Å². The summed E-state index contributed by atoms with van der Waals surface area (Å²) in [6.45, 7) is 2.71. The molecule has 2 unspecified atom stereocenters. The Morgan fingerprint density at radius 1 is 1.47 bits per heavy atom. The smallest absolute Gasteiger partial charge is 0.223 e. The predicted molar refractivity (Wildman–Crippen MR) is 66.2 cm³/mol. The highest BCUT2D eigenvalue weighted by molar-refractivity contribution is 5.77. The van der Waals surface area contributed by atoms with Gasteiger partial charge in [-0.05, 0) is 37.5 Å². The molecule has 92 valence electrons. The van der Waals surface area contributed by atoms with Gasteiger partial charge in [0.2, 0.25) is 5.91 Å². The van der Waals surface area contributed by atoms with Crippen molar-refractivity contribution >= 4 is 5.91 Å². The maximum Gasteiger partial charge on any atom is 0.223 e. The molecule has 2 heterocycles. The third-order valence-electron chi connectivity index (χ3n) is 3.38. The van der Waals surface area contributed by atoms with Crippen LogP contribution in [-0.4, -0.2) is 28.4 Å². The molecule has 0 saturated carbocycles. The van der Waals surface area contributed by atoms with Crippen molar-refractivity contribution in [1.82, 2.24) is 9.88 Å². The number of hydrogen-bond acceptors (Lipinski definition) is 3. The zero-order chi connectivity index (χ0) is 12.3. The van der Waals surface area contributed by atoms with Crippen molar-refractivity contribution in [3.63, 3.8) is 0 Å². The molecular formula is C13H19N3O. The van der Waals surface area contributed by atoms with Crippen LogP contribution in [0.1, 0.15) is 37.8 Å². The molecule has 0 aromatic carbocycles. The van der Waals surface area contributed by atoms with E-state index in [2.05, 4.69) is 4.98 Å². The summed E-state index contributed by atoms with van der Waals surface area (Å²) >= 11 is 0. The van der Waals surface area contributed by atoms with Gasteiger partial charge in [0.1, 0.15) is 0 Å². The zero-order valence-corrected chi connectivity index (χ0v) is 10.2. The largest absolute Gasteiger partial charge is 0.334 e. The Bertz CT molecular complexity index is 380. The van der Waals surface area contributed by atoms with E-state index in [9.17, 15) is 4.79 Å². The Balaban J connectivity index is 2.34. The number of rotatable bonds is 2. The van der Waals surface area contributed by atoms with Crippen LogP contribution in [0.4, 0.5) is 0 Å². The fraction of sp³-hybridized carbons (Fsp3) is 0.538. The minimum atomic E-state index is -0.00185. The highest BCUT2D eigenvalue weighted by atomic mass is 16.2. The SMILES string of the molecule is CCN1C(=O)CCCC(N)C1c1ccncc1. The number of nitrogens with two attached hydrogens (primary N) is 1. The molecule has 4 heteroatoms. The summed E-state index contributed by atoms with van der Waals surface area (Å²) in [6, 6.07) is 3.92. The summed E-state index contributed by atoms with van der Waals surface area (Å²) in [5.41, 5.74) is 7.31. The van der Waals surface area contributed by atoms with Crippen LogP contribution in [0.3, 0.4) is 0 Å². The van der Waals surface area contributed by atoms with Crippen LogP contribution in [0.15, 0.2) is 24.5 Å². The number of likely N-dealkylation sites (N-methyl/N-ethyl adjacent to an activating group) is 1. The van der Waals surface area contributed by atoms with Crippen LogP contribution in [0.5, 0.6) is 0 Å². The summed E-state index contributed by atoms with van der Waals surface area (Å²) < 4.78 is 0. The van der Waals surface area contributed by atoms with Crippen molar-refractivity contribution in [2.75, 3.05) is 6.54 Å². The van der Waals surface area contributed by atoms with Gasteiger partial charge in [0, 0.05) is 31.4 Å². The van der Waals surface area contributed by atoms with Gasteiger partial charge in [0.25, 0.3) is 0 Å². The lowest BCUT2D eigenvalue weighted by Crippen LogP contribution is -2.42. The van der Waals surface area contributed by atoms with Gasteiger partial charge in [0.15, 0.2) is 0 Å². The number of nitrogens with zero attached hydrogens (tertiary/aromatic N) is 2. The number of aromatic nitrogens is 1. The molecule has 2 rings (SSSR count). The lowest BCUT2D eigenvalue weighted by atomic mass is 9.97. The molecule has 1 fully saturated rings. The first-order valence-corrected chi connectivity index (χ1v) is 6.19. The van der Waals surface area contributed by atoms with Gasteiger partial charge in [-0.2, -0.15) is 0 Å². The lowest BCUT2D eigenvalue weighted by Gasteiger charge is -2.33. The molecule has 0 radical (unpaired) electrons. The third kappa shape index (κ3) is 2.47. The highest BCUT2D eigenvalue weighted by Gasteiger charge is 2.31. The summed E-state index contributed by atoms with van der Waals surface area (Å²) in [7, 11) is 0. The maximum atomic E-state index is 12.0. The fourth-order valence-electron chi connectivity index (χ4n) is 2.54. The number of amides is 1. The van der Waals surface area contributed by atoms with E-state index in [1.54, 1.807) is 12.4 Å². The molecular weight excluding hydrogens is 214 g/mol. The Labute approximate surface area is 102 Å². The van der Waals surface area contributed by atoms with Crippen LogP contribution in [-0.2, 0) is 4.79 Å². The third-order valence-corrected chi connectivity index (χ3v) is 3.38. The normalized spacial score (nSPS) is 25.8. The van der Waals surface area contributed by atoms with Crippen molar-refractivity contribution < 1.29 is 4.79 Å². The first-order chi connectivity index (χ1) is 8.24. The molecule has 4 nitrogen and oxygen atoms in total. The second-order valence-electron chi connectivity index (χ2n) is 4.46. The average molecular weight is 233 g/mol. The number of carbonyl (C=O) groups excluding carboxylic acids is 1. The number of carbonyl (C=O) groups is 1. The molecule has 0 spiro atoms. The molecule has 1 aliphatic rings. The Hall–Kier alpha value is -1.42. The second kappa shape index (κ2) is 5.27. The monoisotopic (exact) mass is 233 g/mol. The lowest BCUT2D eigenvalue weighted by molar-refractivity contribution is -0.133. The van der Waals surface area contributed by atoms with E-state index in [-0.39, 0.29) is 18.0 Å². The quantitative estimate of drug-likeness (QED) is 0.841. The standard InChI is InChI=1S/C13H19N3O/c1-2-16-12(17)5-3-4-11(14)13(16)10-6-8-15-9-7-10/h6-9,11,13H,2-5,14H2,1H3. The fourth-order valence-corrected chi connectivity index (χ4v) is 2.54.